The molecule has 4 nitrogen and oxygen atoms in total. The molecule has 0 aliphatic heterocycles. The summed E-state index contributed by atoms with van der Waals surface area (Å²) in [6, 6.07) is 9.35. The minimum absolute atomic E-state index is 0.125. The molecule has 2 aromatic heterocycles. The highest BCUT2D eigenvalue weighted by Crippen LogP contribution is 2.08. The highest BCUT2D eigenvalue weighted by molar-refractivity contribution is 7.10. The fourth-order valence-electron chi connectivity index (χ4n) is 1.23. The van der Waals surface area contributed by atoms with Gasteiger partial charge >= 0.3 is 0 Å². The SMILES string of the molecule is O=C(Cc1cccs1)N/N=C\c1ccccn1. The van der Waals surface area contributed by atoms with Gasteiger partial charge in [-0.25, -0.2) is 5.43 Å². The van der Waals surface area contributed by atoms with E-state index >= 15 is 0 Å². The van der Waals surface area contributed by atoms with Crippen molar-refractivity contribution >= 4 is 23.5 Å². The molecule has 1 N–H and O–H groups in total. The maximum atomic E-state index is 11.5. The van der Waals surface area contributed by atoms with Crippen LogP contribution in [0.3, 0.4) is 0 Å². The molecule has 2 heterocycles. The summed E-state index contributed by atoms with van der Waals surface area (Å²) in [6.07, 6.45) is 3.55. The molecular formula is C12H11N3OS. The van der Waals surface area contributed by atoms with E-state index in [9.17, 15) is 4.79 Å². The number of carbonyl (C=O) groups is 1. The predicted molar refractivity (Wildman–Crippen MR) is 68.0 cm³/mol. The minimum Gasteiger partial charge on any atom is -0.273 e. The molecule has 17 heavy (non-hydrogen) atoms. The Hall–Kier alpha value is -2.01. The number of thiophene rings is 1. The fourth-order valence-corrected chi connectivity index (χ4v) is 1.94. The van der Waals surface area contributed by atoms with E-state index in [4.69, 9.17) is 0 Å². The van der Waals surface area contributed by atoms with E-state index in [1.165, 1.54) is 6.21 Å². The van der Waals surface area contributed by atoms with Gasteiger partial charge in [-0.15, -0.1) is 11.3 Å². The third-order valence-electron chi connectivity index (χ3n) is 1.99. The largest absolute Gasteiger partial charge is 0.273 e. The number of nitrogens with one attached hydrogen (secondary N) is 1. The van der Waals surface area contributed by atoms with Gasteiger partial charge in [-0.2, -0.15) is 5.10 Å². The molecule has 0 unspecified atom stereocenters. The first-order chi connectivity index (χ1) is 8.34. The van der Waals surface area contributed by atoms with Gasteiger partial charge in [0.15, 0.2) is 0 Å². The van der Waals surface area contributed by atoms with Gasteiger partial charge in [-0.05, 0) is 23.6 Å². The topological polar surface area (TPSA) is 54.4 Å². The molecule has 5 heteroatoms. The van der Waals surface area contributed by atoms with Gasteiger partial charge in [0.25, 0.3) is 0 Å². The Morgan fingerprint density at radius 1 is 1.41 bits per heavy atom. The number of nitrogens with zero attached hydrogens (tertiary/aromatic N) is 2. The molecule has 1 amide bonds. The molecule has 0 spiro atoms. The lowest BCUT2D eigenvalue weighted by molar-refractivity contribution is -0.120. The maximum absolute atomic E-state index is 11.5. The van der Waals surface area contributed by atoms with E-state index in [0.29, 0.717) is 12.1 Å². The van der Waals surface area contributed by atoms with Crippen molar-refractivity contribution in [1.82, 2.24) is 10.4 Å². The van der Waals surface area contributed by atoms with E-state index < -0.39 is 0 Å². The number of amides is 1. The summed E-state index contributed by atoms with van der Waals surface area (Å²) in [5.41, 5.74) is 3.18. The van der Waals surface area contributed by atoms with Crippen LogP contribution in [-0.2, 0) is 11.2 Å². The van der Waals surface area contributed by atoms with Crippen molar-refractivity contribution in [3.05, 3.63) is 52.5 Å². The summed E-state index contributed by atoms with van der Waals surface area (Å²) < 4.78 is 0. The molecule has 0 atom stereocenters. The quantitative estimate of drug-likeness (QED) is 0.660. The van der Waals surface area contributed by atoms with Crippen LogP contribution < -0.4 is 5.43 Å². The van der Waals surface area contributed by atoms with Crippen molar-refractivity contribution in [2.24, 2.45) is 5.10 Å². The molecule has 0 aliphatic rings. The van der Waals surface area contributed by atoms with Crippen LogP contribution in [0.2, 0.25) is 0 Å². The molecule has 2 aromatic rings. The third kappa shape index (κ3) is 3.81. The summed E-state index contributed by atoms with van der Waals surface area (Å²) in [5.74, 6) is -0.125. The maximum Gasteiger partial charge on any atom is 0.245 e. The molecule has 0 saturated carbocycles. The average Bonchev–Trinajstić information content (AvgIpc) is 2.83. The first kappa shape index (κ1) is 11.5. The van der Waals surface area contributed by atoms with Gasteiger partial charge in [0.05, 0.1) is 18.3 Å². The summed E-state index contributed by atoms with van der Waals surface area (Å²) >= 11 is 1.56. The Bertz CT molecular complexity index is 494. The highest BCUT2D eigenvalue weighted by Gasteiger charge is 2.01. The van der Waals surface area contributed by atoms with E-state index in [1.54, 1.807) is 17.5 Å². The fraction of sp³-hybridized carbons (Fsp3) is 0.0833. The van der Waals surface area contributed by atoms with Crippen molar-refractivity contribution in [3.8, 4) is 0 Å². The van der Waals surface area contributed by atoms with Crippen molar-refractivity contribution in [2.75, 3.05) is 0 Å². The monoisotopic (exact) mass is 245 g/mol. The second-order valence-corrected chi connectivity index (χ2v) is 4.34. The second kappa shape index (κ2) is 5.91. The zero-order chi connectivity index (χ0) is 11.9. The summed E-state index contributed by atoms with van der Waals surface area (Å²) in [4.78, 5) is 16.5. The van der Waals surface area contributed by atoms with Gasteiger partial charge in [-0.3, -0.25) is 9.78 Å². The molecule has 0 aliphatic carbocycles. The zero-order valence-electron chi connectivity index (χ0n) is 9.04. The lowest BCUT2D eigenvalue weighted by atomic mass is 10.3. The molecule has 0 radical (unpaired) electrons. The van der Waals surface area contributed by atoms with Crippen molar-refractivity contribution in [1.29, 1.82) is 0 Å². The van der Waals surface area contributed by atoms with Gasteiger partial charge in [-0.1, -0.05) is 12.1 Å². The Morgan fingerprint density at radius 3 is 3.06 bits per heavy atom. The van der Waals surface area contributed by atoms with E-state index in [1.807, 2.05) is 35.7 Å². The molecular weight excluding hydrogens is 234 g/mol. The van der Waals surface area contributed by atoms with E-state index in [2.05, 4.69) is 15.5 Å². The lowest BCUT2D eigenvalue weighted by Gasteiger charge is -1.96. The Kier molecular flexibility index (Phi) is 3.99. The number of carbonyl (C=O) groups excluding carboxylic acids is 1. The predicted octanol–water partition coefficient (Wildman–Crippen LogP) is 1.84. The minimum atomic E-state index is -0.125. The van der Waals surface area contributed by atoms with Crippen LogP contribution in [0.25, 0.3) is 0 Å². The van der Waals surface area contributed by atoms with Crippen LogP contribution in [0.15, 0.2) is 47.0 Å². The van der Waals surface area contributed by atoms with Crippen molar-refractivity contribution in [2.45, 2.75) is 6.42 Å². The first-order valence-corrected chi connectivity index (χ1v) is 5.98. The average molecular weight is 245 g/mol. The number of hydrogen-bond acceptors (Lipinski definition) is 4. The van der Waals surface area contributed by atoms with Crippen molar-refractivity contribution < 1.29 is 4.79 Å². The Morgan fingerprint density at radius 2 is 2.35 bits per heavy atom. The van der Waals surface area contributed by atoms with Gasteiger partial charge in [0.1, 0.15) is 0 Å². The number of pyridine rings is 1. The number of hydrazone groups is 1. The Labute approximate surface area is 103 Å². The normalized spacial score (nSPS) is 10.6. The number of aromatic nitrogens is 1. The second-order valence-electron chi connectivity index (χ2n) is 3.30. The highest BCUT2D eigenvalue weighted by atomic mass is 32.1. The van der Waals surface area contributed by atoms with Crippen LogP contribution in [-0.4, -0.2) is 17.1 Å². The van der Waals surface area contributed by atoms with Crippen LogP contribution >= 0.6 is 11.3 Å². The summed E-state index contributed by atoms with van der Waals surface area (Å²) in [6.45, 7) is 0. The van der Waals surface area contributed by atoms with Crippen LogP contribution in [0.5, 0.6) is 0 Å². The van der Waals surface area contributed by atoms with E-state index in [-0.39, 0.29) is 5.91 Å². The van der Waals surface area contributed by atoms with Crippen molar-refractivity contribution in [3.63, 3.8) is 0 Å². The Balaban J connectivity index is 1.82. The molecule has 0 aromatic carbocycles. The first-order valence-electron chi connectivity index (χ1n) is 5.10. The standard InChI is InChI=1S/C12H11N3OS/c16-12(8-11-5-3-7-17-11)15-14-9-10-4-1-2-6-13-10/h1-7,9H,8H2,(H,15,16)/b14-9-. The van der Waals surface area contributed by atoms with Gasteiger partial charge in [0.2, 0.25) is 5.91 Å². The molecule has 2 rings (SSSR count). The smallest absolute Gasteiger partial charge is 0.245 e. The summed E-state index contributed by atoms with van der Waals surface area (Å²) in [7, 11) is 0. The zero-order valence-corrected chi connectivity index (χ0v) is 9.85. The lowest BCUT2D eigenvalue weighted by Crippen LogP contribution is -2.19. The van der Waals surface area contributed by atoms with Gasteiger partial charge in [0, 0.05) is 11.1 Å². The molecule has 86 valence electrons. The van der Waals surface area contributed by atoms with Gasteiger partial charge < -0.3 is 0 Å². The number of hydrogen-bond donors (Lipinski definition) is 1. The third-order valence-corrected chi connectivity index (χ3v) is 2.87. The molecule has 0 saturated heterocycles. The van der Waals surface area contributed by atoms with Crippen LogP contribution in [0.1, 0.15) is 10.6 Å². The molecule has 0 bridgehead atoms. The van der Waals surface area contributed by atoms with Crippen LogP contribution in [0, 0.1) is 0 Å². The summed E-state index contributed by atoms with van der Waals surface area (Å²) in [5, 5.41) is 5.78. The van der Waals surface area contributed by atoms with E-state index in [0.717, 1.165) is 4.88 Å². The van der Waals surface area contributed by atoms with Crippen LogP contribution in [0.4, 0.5) is 0 Å². The molecule has 0 fully saturated rings. The number of rotatable bonds is 4.